The quantitative estimate of drug-likeness (QED) is 0.480. The number of anilines is 3. The van der Waals surface area contributed by atoms with Crippen LogP contribution in [0.1, 0.15) is 10.4 Å². The summed E-state index contributed by atoms with van der Waals surface area (Å²) in [5, 5.41) is 6.24. The fraction of sp³-hybridized carbons (Fsp3) is 0.231. The molecule has 0 bridgehead atoms. The van der Waals surface area contributed by atoms with Gasteiger partial charge in [0, 0.05) is 35.4 Å². The molecule has 0 unspecified atom stereocenters. The number of benzene rings is 3. The summed E-state index contributed by atoms with van der Waals surface area (Å²) in [6.07, 6.45) is 0. The molecule has 8 nitrogen and oxygen atoms in total. The third kappa shape index (κ3) is 6.65. The van der Waals surface area contributed by atoms with Crippen LogP contribution in [0.4, 0.5) is 17.1 Å². The number of amides is 2. The van der Waals surface area contributed by atoms with E-state index in [1.54, 1.807) is 67.8 Å². The summed E-state index contributed by atoms with van der Waals surface area (Å²) >= 11 is 6.18. The number of methoxy groups -OCH3 is 1. The largest absolute Gasteiger partial charge is 0.497 e. The summed E-state index contributed by atoms with van der Waals surface area (Å²) < 4.78 is 16.1. The molecule has 182 valence electrons. The van der Waals surface area contributed by atoms with Gasteiger partial charge in [-0.2, -0.15) is 0 Å². The molecule has 2 N–H and O–H groups in total. The Morgan fingerprint density at radius 1 is 0.971 bits per heavy atom. The van der Waals surface area contributed by atoms with Crippen molar-refractivity contribution < 1.29 is 23.8 Å². The van der Waals surface area contributed by atoms with Gasteiger partial charge < -0.3 is 29.7 Å². The zero-order valence-corrected chi connectivity index (χ0v) is 20.0. The van der Waals surface area contributed by atoms with E-state index >= 15 is 0 Å². The standard InChI is InChI=1S/C26H26ClN3O5/c1-33-22-4-2-3-20(16-22)28-25(31)17-35-21-8-5-18(6-9-21)26(32)29-23-15-19(27)7-10-24(23)30-11-13-34-14-12-30/h2-10,15-16H,11-14,17H2,1H3,(H,28,31)(H,29,32). The first-order valence-electron chi connectivity index (χ1n) is 11.1. The molecule has 3 aromatic rings. The van der Waals surface area contributed by atoms with Crippen molar-refractivity contribution in [3.05, 3.63) is 77.3 Å². The zero-order valence-electron chi connectivity index (χ0n) is 19.3. The Morgan fingerprint density at radius 3 is 2.49 bits per heavy atom. The van der Waals surface area contributed by atoms with Crippen LogP contribution in [0.25, 0.3) is 0 Å². The maximum absolute atomic E-state index is 12.9. The highest BCUT2D eigenvalue weighted by Gasteiger charge is 2.17. The van der Waals surface area contributed by atoms with Crippen molar-refractivity contribution in [2.24, 2.45) is 0 Å². The molecule has 35 heavy (non-hydrogen) atoms. The number of carbonyl (C=O) groups is 2. The van der Waals surface area contributed by atoms with E-state index in [0.717, 1.165) is 18.8 Å². The van der Waals surface area contributed by atoms with Crippen molar-refractivity contribution in [1.29, 1.82) is 0 Å². The highest BCUT2D eigenvalue weighted by atomic mass is 35.5. The van der Waals surface area contributed by atoms with Gasteiger partial charge in [0.05, 0.1) is 31.7 Å². The zero-order chi connectivity index (χ0) is 24.6. The number of carbonyl (C=O) groups excluding carboxylic acids is 2. The lowest BCUT2D eigenvalue weighted by atomic mass is 10.1. The van der Waals surface area contributed by atoms with Crippen molar-refractivity contribution >= 4 is 40.5 Å². The molecule has 0 saturated carbocycles. The fourth-order valence-corrected chi connectivity index (χ4v) is 3.80. The Kier molecular flexibility index (Phi) is 8.07. The van der Waals surface area contributed by atoms with Crippen molar-refractivity contribution in [3.8, 4) is 11.5 Å². The molecule has 4 rings (SSSR count). The van der Waals surface area contributed by atoms with E-state index in [1.807, 2.05) is 6.07 Å². The van der Waals surface area contributed by atoms with Crippen molar-refractivity contribution in [3.63, 3.8) is 0 Å². The first-order chi connectivity index (χ1) is 17.0. The van der Waals surface area contributed by atoms with E-state index in [9.17, 15) is 9.59 Å². The highest BCUT2D eigenvalue weighted by Crippen LogP contribution is 2.30. The third-order valence-electron chi connectivity index (χ3n) is 5.40. The monoisotopic (exact) mass is 495 g/mol. The summed E-state index contributed by atoms with van der Waals surface area (Å²) in [5.41, 5.74) is 2.60. The molecule has 9 heteroatoms. The van der Waals surface area contributed by atoms with Crippen molar-refractivity contribution in [2.75, 3.05) is 55.6 Å². The average Bonchev–Trinajstić information content (AvgIpc) is 2.88. The normalized spacial score (nSPS) is 13.1. The van der Waals surface area contributed by atoms with Gasteiger partial charge in [-0.3, -0.25) is 9.59 Å². The summed E-state index contributed by atoms with van der Waals surface area (Å²) in [5.74, 6) is 0.535. The molecule has 1 aliphatic heterocycles. The molecule has 0 aliphatic carbocycles. The van der Waals surface area contributed by atoms with E-state index in [4.69, 9.17) is 25.8 Å². The van der Waals surface area contributed by atoms with Gasteiger partial charge in [0.1, 0.15) is 11.5 Å². The topological polar surface area (TPSA) is 89.1 Å². The minimum atomic E-state index is -0.309. The molecule has 0 aromatic heterocycles. The SMILES string of the molecule is COc1cccc(NC(=O)COc2ccc(C(=O)Nc3cc(Cl)ccc3N3CCOCC3)cc2)c1. The van der Waals surface area contributed by atoms with Crippen molar-refractivity contribution in [2.45, 2.75) is 0 Å². The molecule has 0 spiro atoms. The maximum Gasteiger partial charge on any atom is 0.262 e. The Labute approximate surface area is 208 Å². The predicted octanol–water partition coefficient (Wildman–Crippen LogP) is 4.46. The van der Waals surface area contributed by atoms with Crippen LogP contribution in [0.3, 0.4) is 0 Å². The van der Waals surface area contributed by atoms with Crippen LogP contribution in [-0.4, -0.2) is 51.8 Å². The molecule has 3 aromatic carbocycles. The molecule has 1 heterocycles. The number of ether oxygens (including phenoxy) is 3. The molecular formula is C26H26ClN3O5. The summed E-state index contributed by atoms with van der Waals surface area (Å²) in [4.78, 5) is 27.2. The Hall–Kier alpha value is -3.75. The van der Waals surface area contributed by atoms with Crippen LogP contribution in [0.15, 0.2) is 66.7 Å². The summed E-state index contributed by atoms with van der Waals surface area (Å²) in [7, 11) is 1.56. The molecule has 1 saturated heterocycles. The predicted molar refractivity (Wildman–Crippen MR) is 136 cm³/mol. The van der Waals surface area contributed by atoms with Gasteiger partial charge in [0.15, 0.2) is 6.61 Å². The maximum atomic E-state index is 12.9. The Morgan fingerprint density at radius 2 is 1.74 bits per heavy atom. The van der Waals surface area contributed by atoms with Crippen LogP contribution in [0, 0.1) is 0 Å². The van der Waals surface area contributed by atoms with E-state index in [0.29, 0.717) is 46.7 Å². The van der Waals surface area contributed by atoms with Crippen molar-refractivity contribution in [1.82, 2.24) is 0 Å². The van der Waals surface area contributed by atoms with Gasteiger partial charge in [0.2, 0.25) is 0 Å². The lowest BCUT2D eigenvalue weighted by Gasteiger charge is -2.30. The number of hydrogen-bond donors (Lipinski definition) is 2. The van der Waals surface area contributed by atoms with E-state index in [-0.39, 0.29) is 18.4 Å². The second-order valence-electron chi connectivity index (χ2n) is 7.81. The fourth-order valence-electron chi connectivity index (χ4n) is 3.63. The second kappa shape index (κ2) is 11.6. The van der Waals surface area contributed by atoms with Crippen LogP contribution >= 0.6 is 11.6 Å². The van der Waals surface area contributed by atoms with Gasteiger partial charge in [-0.15, -0.1) is 0 Å². The molecule has 0 atom stereocenters. The number of hydrogen-bond acceptors (Lipinski definition) is 6. The number of nitrogens with one attached hydrogen (secondary N) is 2. The number of morpholine rings is 1. The summed E-state index contributed by atoms with van der Waals surface area (Å²) in [6.45, 7) is 2.57. The second-order valence-corrected chi connectivity index (χ2v) is 8.24. The van der Waals surface area contributed by atoms with Gasteiger partial charge >= 0.3 is 0 Å². The first-order valence-corrected chi connectivity index (χ1v) is 11.5. The Balaban J connectivity index is 1.34. The van der Waals surface area contributed by atoms with Crippen LogP contribution in [0.2, 0.25) is 5.02 Å². The van der Waals surface area contributed by atoms with Gasteiger partial charge in [-0.1, -0.05) is 17.7 Å². The first kappa shape index (κ1) is 24.4. The smallest absolute Gasteiger partial charge is 0.262 e. The highest BCUT2D eigenvalue weighted by molar-refractivity contribution is 6.31. The third-order valence-corrected chi connectivity index (χ3v) is 5.63. The van der Waals surface area contributed by atoms with E-state index in [2.05, 4.69) is 15.5 Å². The van der Waals surface area contributed by atoms with Crippen LogP contribution in [-0.2, 0) is 9.53 Å². The lowest BCUT2D eigenvalue weighted by Crippen LogP contribution is -2.36. The van der Waals surface area contributed by atoms with Crippen LogP contribution < -0.4 is 25.0 Å². The minimum absolute atomic E-state index is 0.172. The molecule has 1 fully saturated rings. The molecular weight excluding hydrogens is 470 g/mol. The van der Waals surface area contributed by atoms with Gasteiger partial charge in [-0.05, 0) is 54.6 Å². The van der Waals surface area contributed by atoms with Crippen LogP contribution in [0.5, 0.6) is 11.5 Å². The number of rotatable bonds is 8. The van der Waals surface area contributed by atoms with Gasteiger partial charge in [0.25, 0.3) is 11.8 Å². The average molecular weight is 496 g/mol. The lowest BCUT2D eigenvalue weighted by molar-refractivity contribution is -0.118. The minimum Gasteiger partial charge on any atom is -0.497 e. The van der Waals surface area contributed by atoms with E-state index in [1.165, 1.54) is 0 Å². The molecule has 2 amide bonds. The van der Waals surface area contributed by atoms with E-state index < -0.39 is 0 Å². The van der Waals surface area contributed by atoms with Gasteiger partial charge in [-0.25, -0.2) is 0 Å². The summed E-state index contributed by atoms with van der Waals surface area (Å²) in [6, 6.07) is 19.1. The number of nitrogens with zero attached hydrogens (tertiary/aromatic N) is 1. The Bertz CT molecular complexity index is 1180. The molecule has 1 aliphatic rings. The molecule has 0 radical (unpaired) electrons. The number of halogens is 1.